The van der Waals surface area contributed by atoms with E-state index in [2.05, 4.69) is 30.2 Å². The van der Waals surface area contributed by atoms with E-state index in [9.17, 15) is 4.79 Å². The van der Waals surface area contributed by atoms with E-state index in [1.54, 1.807) is 24.7 Å². The van der Waals surface area contributed by atoms with Gasteiger partial charge in [-0.25, -0.2) is 4.98 Å². The second-order valence-corrected chi connectivity index (χ2v) is 6.41. The third-order valence-corrected chi connectivity index (χ3v) is 4.54. The molecule has 7 heteroatoms. The molecule has 0 unspecified atom stereocenters. The van der Waals surface area contributed by atoms with E-state index in [1.807, 2.05) is 19.1 Å². The Hall–Kier alpha value is -2.96. The van der Waals surface area contributed by atoms with Crippen LogP contribution in [0.3, 0.4) is 0 Å². The van der Waals surface area contributed by atoms with Gasteiger partial charge in [-0.05, 0) is 37.5 Å². The molecule has 25 heavy (non-hydrogen) atoms. The molecule has 3 aromatic heterocycles. The van der Waals surface area contributed by atoms with Gasteiger partial charge in [0.15, 0.2) is 0 Å². The summed E-state index contributed by atoms with van der Waals surface area (Å²) >= 11 is 0. The highest BCUT2D eigenvalue weighted by atomic mass is 16.1. The number of anilines is 1. The number of aryl methyl sites for hydroxylation is 1. The molecular formula is C18H20N6O. The van der Waals surface area contributed by atoms with Crippen LogP contribution in [0.2, 0.25) is 0 Å². The Morgan fingerprint density at radius 3 is 2.80 bits per heavy atom. The first-order valence-electron chi connectivity index (χ1n) is 8.47. The van der Waals surface area contributed by atoms with Gasteiger partial charge in [0.25, 0.3) is 5.91 Å². The SMILES string of the molecule is Cc1ccc(C(=O)NC2CCN(c3nc4ccncc4[nH]3)CC2)nc1. The van der Waals surface area contributed by atoms with Gasteiger partial charge in [0, 0.05) is 31.5 Å². The summed E-state index contributed by atoms with van der Waals surface area (Å²) in [5, 5.41) is 3.08. The lowest BCUT2D eigenvalue weighted by Gasteiger charge is -2.32. The zero-order valence-corrected chi connectivity index (χ0v) is 14.1. The highest BCUT2D eigenvalue weighted by Crippen LogP contribution is 2.20. The van der Waals surface area contributed by atoms with Gasteiger partial charge in [-0.2, -0.15) is 0 Å². The molecule has 4 heterocycles. The Labute approximate surface area is 145 Å². The van der Waals surface area contributed by atoms with Crippen LogP contribution in [0.5, 0.6) is 0 Å². The highest BCUT2D eigenvalue weighted by molar-refractivity contribution is 5.92. The quantitative estimate of drug-likeness (QED) is 0.764. The standard InChI is InChI=1S/C18H20N6O/c1-12-2-3-15(20-10-12)17(25)21-13-5-8-24(9-6-13)18-22-14-4-7-19-11-16(14)23-18/h2-4,7,10-11,13H,5-6,8-9H2,1H3,(H,21,25)(H,22,23). The van der Waals surface area contributed by atoms with E-state index >= 15 is 0 Å². The number of pyridine rings is 2. The van der Waals surface area contributed by atoms with Crippen LogP contribution in [0.15, 0.2) is 36.8 Å². The summed E-state index contributed by atoms with van der Waals surface area (Å²) < 4.78 is 0. The molecule has 2 N–H and O–H groups in total. The predicted octanol–water partition coefficient (Wildman–Crippen LogP) is 2.06. The number of nitrogens with zero attached hydrogens (tertiary/aromatic N) is 4. The van der Waals surface area contributed by atoms with E-state index in [0.717, 1.165) is 48.5 Å². The number of rotatable bonds is 3. The first-order valence-corrected chi connectivity index (χ1v) is 8.47. The minimum Gasteiger partial charge on any atom is -0.348 e. The first-order chi connectivity index (χ1) is 12.2. The summed E-state index contributed by atoms with van der Waals surface area (Å²) in [6.07, 6.45) is 7.01. The topological polar surface area (TPSA) is 86.8 Å². The number of carbonyl (C=O) groups excluding carboxylic acids is 1. The summed E-state index contributed by atoms with van der Waals surface area (Å²) in [6, 6.07) is 5.73. The van der Waals surface area contributed by atoms with Crippen molar-refractivity contribution in [3.63, 3.8) is 0 Å². The molecule has 0 spiro atoms. The number of H-pyrrole nitrogens is 1. The summed E-state index contributed by atoms with van der Waals surface area (Å²) in [5.41, 5.74) is 3.38. The number of piperidine rings is 1. The van der Waals surface area contributed by atoms with Crippen molar-refractivity contribution in [1.29, 1.82) is 0 Å². The molecule has 1 aliphatic rings. The van der Waals surface area contributed by atoms with Gasteiger partial charge in [0.1, 0.15) is 5.69 Å². The number of carbonyl (C=O) groups is 1. The van der Waals surface area contributed by atoms with Crippen LogP contribution >= 0.6 is 0 Å². The molecule has 0 radical (unpaired) electrons. The number of hydrogen-bond donors (Lipinski definition) is 2. The fourth-order valence-electron chi connectivity index (χ4n) is 3.09. The number of imidazole rings is 1. The fraction of sp³-hybridized carbons (Fsp3) is 0.333. The van der Waals surface area contributed by atoms with Crippen molar-refractivity contribution in [2.24, 2.45) is 0 Å². The summed E-state index contributed by atoms with van der Waals surface area (Å²) in [7, 11) is 0. The summed E-state index contributed by atoms with van der Waals surface area (Å²) in [5.74, 6) is 0.765. The Morgan fingerprint density at radius 1 is 1.24 bits per heavy atom. The zero-order valence-electron chi connectivity index (χ0n) is 14.1. The molecule has 0 bridgehead atoms. The minimum absolute atomic E-state index is 0.103. The van der Waals surface area contributed by atoms with Crippen LogP contribution in [0.4, 0.5) is 5.95 Å². The molecule has 0 aromatic carbocycles. The lowest BCUT2D eigenvalue weighted by atomic mass is 10.1. The van der Waals surface area contributed by atoms with Crippen molar-refractivity contribution in [2.45, 2.75) is 25.8 Å². The third-order valence-electron chi connectivity index (χ3n) is 4.54. The monoisotopic (exact) mass is 336 g/mol. The second-order valence-electron chi connectivity index (χ2n) is 6.41. The molecule has 7 nitrogen and oxygen atoms in total. The molecule has 0 atom stereocenters. The summed E-state index contributed by atoms with van der Waals surface area (Å²) in [6.45, 7) is 3.65. The van der Waals surface area contributed by atoms with Crippen molar-refractivity contribution in [1.82, 2.24) is 25.3 Å². The zero-order chi connectivity index (χ0) is 17.2. The van der Waals surface area contributed by atoms with Crippen molar-refractivity contribution < 1.29 is 4.79 Å². The average Bonchev–Trinajstić information content (AvgIpc) is 3.07. The van der Waals surface area contributed by atoms with E-state index in [-0.39, 0.29) is 11.9 Å². The van der Waals surface area contributed by atoms with Crippen molar-refractivity contribution in [3.8, 4) is 0 Å². The maximum Gasteiger partial charge on any atom is 0.270 e. The van der Waals surface area contributed by atoms with Crippen molar-refractivity contribution in [2.75, 3.05) is 18.0 Å². The number of amides is 1. The van der Waals surface area contributed by atoms with E-state index in [1.165, 1.54) is 0 Å². The van der Waals surface area contributed by atoms with Crippen LogP contribution in [0, 0.1) is 6.92 Å². The molecule has 4 rings (SSSR count). The van der Waals surface area contributed by atoms with E-state index in [4.69, 9.17) is 0 Å². The molecule has 128 valence electrons. The average molecular weight is 336 g/mol. The summed E-state index contributed by atoms with van der Waals surface area (Å²) in [4.78, 5) is 30.7. The van der Waals surface area contributed by atoms with Crippen LogP contribution < -0.4 is 10.2 Å². The first kappa shape index (κ1) is 15.6. The predicted molar refractivity (Wildman–Crippen MR) is 95.6 cm³/mol. The fourth-order valence-corrected chi connectivity index (χ4v) is 3.09. The Balaban J connectivity index is 1.36. The molecule has 0 aliphatic carbocycles. The van der Waals surface area contributed by atoms with Gasteiger partial charge in [0.2, 0.25) is 5.95 Å². The maximum absolute atomic E-state index is 12.3. The van der Waals surface area contributed by atoms with Crippen LogP contribution in [0.1, 0.15) is 28.9 Å². The molecule has 1 saturated heterocycles. The van der Waals surface area contributed by atoms with Gasteiger partial charge < -0.3 is 15.2 Å². The van der Waals surface area contributed by atoms with Crippen LogP contribution in [-0.2, 0) is 0 Å². The molecule has 1 aliphatic heterocycles. The molecule has 3 aromatic rings. The number of nitrogens with one attached hydrogen (secondary N) is 2. The number of hydrogen-bond acceptors (Lipinski definition) is 5. The van der Waals surface area contributed by atoms with Crippen molar-refractivity contribution in [3.05, 3.63) is 48.0 Å². The third kappa shape index (κ3) is 3.31. The number of aromatic nitrogens is 4. The maximum atomic E-state index is 12.3. The highest BCUT2D eigenvalue weighted by Gasteiger charge is 2.23. The number of fused-ring (bicyclic) bond motifs is 1. The largest absolute Gasteiger partial charge is 0.348 e. The van der Waals surface area contributed by atoms with E-state index < -0.39 is 0 Å². The second kappa shape index (κ2) is 6.51. The molecular weight excluding hydrogens is 316 g/mol. The Bertz CT molecular complexity index is 847. The minimum atomic E-state index is -0.103. The van der Waals surface area contributed by atoms with Crippen LogP contribution in [0.25, 0.3) is 11.0 Å². The lowest BCUT2D eigenvalue weighted by molar-refractivity contribution is 0.0926. The van der Waals surface area contributed by atoms with E-state index in [0.29, 0.717) is 5.69 Å². The van der Waals surface area contributed by atoms with Crippen molar-refractivity contribution >= 4 is 22.9 Å². The Morgan fingerprint density at radius 2 is 2.08 bits per heavy atom. The molecule has 1 fully saturated rings. The molecule has 0 saturated carbocycles. The lowest BCUT2D eigenvalue weighted by Crippen LogP contribution is -2.45. The van der Waals surface area contributed by atoms with Gasteiger partial charge in [0.05, 0.1) is 17.2 Å². The smallest absolute Gasteiger partial charge is 0.270 e. The van der Waals surface area contributed by atoms with Crippen LogP contribution in [-0.4, -0.2) is 45.0 Å². The van der Waals surface area contributed by atoms with Gasteiger partial charge in [-0.1, -0.05) is 6.07 Å². The molecule has 1 amide bonds. The normalized spacial score (nSPS) is 15.5. The Kier molecular flexibility index (Phi) is 4.05. The van der Waals surface area contributed by atoms with Gasteiger partial charge in [-0.15, -0.1) is 0 Å². The van der Waals surface area contributed by atoms with Gasteiger partial charge in [-0.3, -0.25) is 14.8 Å². The number of aromatic amines is 1. The van der Waals surface area contributed by atoms with Gasteiger partial charge >= 0.3 is 0 Å².